The summed E-state index contributed by atoms with van der Waals surface area (Å²) in [5.74, 6) is 4.95. The Balaban J connectivity index is 1.46. The van der Waals surface area contributed by atoms with Gasteiger partial charge in [0.1, 0.15) is 48.3 Å². The summed E-state index contributed by atoms with van der Waals surface area (Å²) in [5.41, 5.74) is 9.16. The third-order valence-corrected chi connectivity index (χ3v) is 7.08. The number of hydrogen-bond acceptors (Lipinski definition) is 17. The number of nitrogens with zero attached hydrogens (tertiary/aromatic N) is 4. The van der Waals surface area contributed by atoms with Crippen LogP contribution in [0.15, 0.2) is 34.1 Å². The minimum absolute atomic E-state index is 0.0728. The highest BCUT2D eigenvalue weighted by Gasteiger charge is 2.51. The fraction of sp³-hybridized carbons (Fsp3) is 0.556. The molecule has 210 valence electrons. The van der Waals surface area contributed by atoms with E-state index in [2.05, 4.69) is 14.6 Å². The fourth-order valence-corrected chi connectivity index (χ4v) is 5.02. The molecule has 2 aliphatic rings. The molecule has 0 aliphatic carbocycles. The van der Waals surface area contributed by atoms with Crippen molar-refractivity contribution in [2.75, 3.05) is 24.7 Å². The molecule has 38 heavy (non-hydrogen) atoms. The number of rotatable bonds is 9. The number of nitrogens with two attached hydrogens (primary N) is 3. The summed E-state index contributed by atoms with van der Waals surface area (Å²) < 4.78 is 40.5. The van der Waals surface area contributed by atoms with E-state index >= 15 is 0 Å². The minimum Gasteiger partial charge on any atom is -0.394 e. The van der Waals surface area contributed by atoms with Crippen molar-refractivity contribution in [2.45, 2.75) is 49.1 Å². The Hall–Kier alpha value is -2.81. The molecule has 10 N–H and O–H groups in total. The fourth-order valence-electron chi connectivity index (χ4n) is 3.96. The lowest BCUT2D eigenvalue weighted by Gasteiger charge is -2.25. The molecule has 2 aromatic heterocycles. The first kappa shape index (κ1) is 28.2. The molecule has 2 aliphatic heterocycles. The molecular weight excluding hydrogens is 537 g/mol. The molecule has 0 amide bonds. The second kappa shape index (κ2) is 11.1. The largest absolute Gasteiger partial charge is 0.491 e. The Morgan fingerprint density at radius 1 is 0.921 bits per heavy atom. The first-order valence-electron chi connectivity index (χ1n) is 10.9. The van der Waals surface area contributed by atoms with Gasteiger partial charge in [-0.25, -0.2) is 24.7 Å². The molecule has 19 nitrogen and oxygen atoms in total. The van der Waals surface area contributed by atoms with E-state index in [1.165, 1.54) is 24.5 Å². The second-order valence-electron chi connectivity index (χ2n) is 8.29. The van der Waals surface area contributed by atoms with Gasteiger partial charge in [-0.15, -0.1) is 0 Å². The highest BCUT2D eigenvalue weighted by molar-refractivity contribution is 7.48. The third kappa shape index (κ3) is 5.48. The van der Waals surface area contributed by atoms with Crippen LogP contribution >= 0.6 is 7.82 Å². The number of aromatic nitrogens is 4. The Morgan fingerprint density at radius 3 is 1.95 bits per heavy atom. The number of phosphoric acid groups is 1. The molecule has 0 bridgehead atoms. The van der Waals surface area contributed by atoms with Crippen LogP contribution in [0.4, 0.5) is 11.6 Å². The zero-order chi connectivity index (χ0) is 27.8. The Kier molecular flexibility index (Phi) is 8.26. The molecule has 0 spiro atoms. The van der Waals surface area contributed by atoms with Gasteiger partial charge in [0, 0.05) is 12.4 Å². The van der Waals surface area contributed by atoms with Crippen LogP contribution in [0.3, 0.4) is 0 Å². The monoisotopic (exact) mass is 563 g/mol. The summed E-state index contributed by atoms with van der Waals surface area (Å²) in [5, 5.41) is 41.1. The van der Waals surface area contributed by atoms with E-state index in [-0.39, 0.29) is 11.6 Å². The Bertz CT molecular complexity index is 1310. The number of hydrogen-bond donors (Lipinski definition) is 7. The lowest BCUT2D eigenvalue weighted by molar-refractivity contribution is -0.0636. The van der Waals surface area contributed by atoms with Crippen LogP contribution in [0.25, 0.3) is 0 Å². The van der Waals surface area contributed by atoms with Crippen LogP contribution < -0.4 is 28.7 Å². The highest BCUT2D eigenvalue weighted by Crippen LogP contribution is 2.52. The minimum atomic E-state index is -4.75. The second-order valence-corrected chi connectivity index (χ2v) is 9.86. The van der Waals surface area contributed by atoms with Gasteiger partial charge in [0.05, 0.1) is 13.2 Å². The lowest BCUT2D eigenvalue weighted by Crippen LogP contribution is -2.38. The average Bonchev–Trinajstić information content (AvgIpc) is 3.33. The third-order valence-electron chi connectivity index (χ3n) is 5.85. The molecule has 0 radical (unpaired) electrons. The molecule has 0 unspecified atom stereocenters. The molecule has 2 aromatic rings. The Labute approximate surface area is 212 Å². The number of nitrogen functional groups attached to an aromatic ring is 2. The summed E-state index contributed by atoms with van der Waals surface area (Å²) in [6.45, 7) is -1.48. The topological polar surface area (TPSA) is 292 Å². The van der Waals surface area contributed by atoms with Crippen LogP contribution in [0, 0.1) is 0 Å². The average molecular weight is 563 g/mol. The van der Waals surface area contributed by atoms with E-state index < -0.39 is 81.5 Å². The van der Waals surface area contributed by atoms with Gasteiger partial charge >= 0.3 is 19.2 Å². The number of ether oxygens (including phenoxy) is 2. The molecule has 0 aromatic carbocycles. The van der Waals surface area contributed by atoms with Crippen LogP contribution in [0.5, 0.6) is 0 Å². The standard InChI is InChI=1S/C18H26N7O12P/c19-9-1-3-24(17(30)22-9)15-12(28)11(27)8(35-15)6-33-38(32,37-21)36-14-7(5-26)34-16(13(14)29)25-4-2-10(20)23-18(25)31/h1-4,7-8,11-16,26-29H,5-6,21H2,(H2,19,22,30)(H2,20,23,31)/t7-,8+,11+,12-,13+,14+,15+,16-,38-/m1/s1. The summed E-state index contributed by atoms with van der Waals surface area (Å²) in [7, 11) is -4.75. The summed E-state index contributed by atoms with van der Waals surface area (Å²) >= 11 is 0. The summed E-state index contributed by atoms with van der Waals surface area (Å²) in [6.07, 6.45) is -9.66. The molecule has 4 heterocycles. The molecule has 0 saturated carbocycles. The molecular formula is C18H26N7O12P. The zero-order valence-corrected chi connectivity index (χ0v) is 20.3. The van der Waals surface area contributed by atoms with Crippen molar-refractivity contribution in [3.05, 3.63) is 45.5 Å². The summed E-state index contributed by atoms with van der Waals surface area (Å²) in [4.78, 5) is 31.3. The van der Waals surface area contributed by atoms with Crippen molar-refractivity contribution in [2.24, 2.45) is 5.90 Å². The molecule has 4 rings (SSSR count). The highest BCUT2D eigenvalue weighted by atomic mass is 31.2. The van der Waals surface area contributed by atoms with Crippen molar-refractivity contribution in [1.29, 1.82) is 0 Å². The van der Waals surface area contributed by atoms with Crippen molar-refractivity contribution in [1.82, 2.24) is 19.1 Å². The summed E-state index contributed by atoms with van der Waals surface area (Å²) in [6, 6.07) is 2.53. The SMILES string of the molecule is NO[P@](=O)(OC[C@@H]1O[C@H](n2ccc(N)nc2=O)[C@H](O)[C@H]1O)O[C@@H]1[C@H](O)[C@H](n2ccc(N)nc2=O)O[C@@H]1CO. The number of aliphatic hydroxyl groups excluding tert-OH is 4. The van der Waals surface area contributed by atoms with Crippen molar-refractivity contribution >= 4 is 19.5 Å². The molecule has 20 heteroatoms. The predicted octanol–water partition coefficient (Wildman–Crippen LogP) is -4.07. The van der Waals surface area contributed by atoms with Crippen molar-refractivity contribution in [3.8, 4) is 0 Å². The smallest absolute Gasteiger partial charge is 0.394 e. The van der Waals surface area contributed by atoms with E-state index in [0.717, 1.165) is 9.13 Å². The maximum Gasteiger partial charge on any atom is 0.491 e. The van der Waals surface area contributed by atoms with E-state index in [1.807, 2.05) is 0 Å². The predicted molar refractivity (Wildman–Crippen MR) is 122 cm³/mol. The van der Waals surface area contributed by atoms with Gasteiger partial charge in [-0.2, -0.15) is 9.97 Å². The maximum absolute atomic E-state index is 13.1. The lowest BCUT2D eigenvalue weighted by atomic mass is 10.1. The number of phosphoric ester groups is 1. The number of anilines is 2. The Morgan fingerprint density at radius 2 is 1.45 bits per heavy atom. The molecule has 9 atom stereocenters. The van der Waals surface area contributed by atoms with Gasteiger partial charge in [-0.3, -0.25) is 18.2 Å². The van der Waals surface area contributed by atoms with Crippen molar-refractivity contribution in [3.63, 3.8) is 0 Å². The van der Waals surface area contributed by atoms with Gasteiger partial charge in [-0.1, -0.05) is 0 Å². The first-order valence-corrected chi connectivity index (χ1v) is 12.4. The van der Waals surface area contributed by atoms with E-state index in [1.54, 1.807) is 0 Å². The van der Waals surface area contributed by atoms with Gasteiger partial charge in [0.15, 0.2) is 12.5 Å². The van der Waals surface area contributed by atoms with E-state index in [9.17, 15) is 34.6 Å². The zero-order valence-electron chi connectivity index (χ0n) is 19.4. The van der Waals surface area contributed by atoms with Gasteiger partial charge in [0.25, 0.3) is 0 Å². The quantitative estimate of drug-likeness (QED) is 0.113. The van der Waals surface area contributed by atoms with Gasteiger partial charge < -0.3 is 41.4 Å². The van der Waals surface area contributed by atoms with Crippen molar-refractivity contribution < 1.29 is 48.1 Å². The van der Waals surface area contributed by atoms with E-state index in [0.29, 0.717) is 0 Å². The first-order chi connectivity index (χ1) is 18.0. The molecule has 2 saturated heterocycles. The number of aliphatic hydroxyl groups is 4. The normalized spacial score (nSPS) is 32.9. The van der Waals surface area contributed by atoms with Crippen LogP contribution in [0.2, 0.25) is 0 Å². The van der Waals surface area contributed by atoms with Crippen LogP contribution in [-0.2, 0) is 27.7 Å². The van der Waals surface area contributed by atoms with Crippen LogP contribution in [-0.4, -0.2) is 89.4 Å². The maximum atomic E-state index is 13.1. The van der Waals surface area contributed by atoms with Gasteiger partial charge in [0.2, 0.25) is 0 Å². The molecule has 2 fully saturated rings. The van der Waals surface area contributed by atoms with E-state index in [4.69, 9.17) is 35.9 Å². The van der Waals surface area contributed by atoms with Gasteiger partial charge in [-0.05, 0) is 12.1 Å². The van der Waals surface area contributed by atoms with Crippen LogP contribution in [0.1, 0.15) is 12.5 Å².